The van der Waals surface area contributed by atoms with E-state index in [9.17, 15) is 5.11 Å². The third-order valence-electron chi connectivity index (χ3n) is 4.33. The van der Waals surface area contributed by atoms with Crippen molar-refractivity contribution in [3.63, 3.8) is 0 Å². The van der Waals surface area contributed by atoms with Gasteiger partial charge in [0.05, 0.1) is 0 Å². The zero-order chi connectivity index (χ0) is 13.1. The number of aryl methyl sites for hydroxylation is 2. The van der Waals surface area contributed by atoms with E-state index in [1.807, 2.05) is 13.0 Å². The van der Waals surface area contributed by atoms with E-state index < -0.39 is 0 Å². The first-order chi connectivity index (χ1) is 8.60. The molecule has 2 nitrogen and oxygen atoms in total. The largest absolute Gasteiger partial charge is 0.508 e. The number of hydrogen-bond acceptors (Lipinski definition) is 2. The highest BCUT2D eigenvalue weighted by Crippen LogP contribution is 2.31. The van der Waals surface area contributed by atoms with Gasteiger partial charge in [-0.2, -0.15) is 0 Å². The van der Waals surface area contributed by atoms with Crippen molar-refractivity contribution in [2.75, 3.05) is 5.32 Å². The van der Waals surface area contributed by atoms with Gasteiger partial charge in [0.1, 0.15) is 5.75 Å². The maximum atomic E-state index is 9.67. The fourth-order valence-corrected chi connectivity index (χ4v) is 2.89. The summed E-state index contributed by atoms with van der Waals surface area (Å²) in [5.41, 5.74) is 3.27. The van der Waals surface area contributed by atoms with Crippen molar-refractivity contribution in [3.05, 3.63) is 23.3 Å². The van der Waals surface area contributed by atoms with E-state index in [2.05, 4.69) is 25.2 Å². The van der Waals surface area contributed by atoms with E-state index in [0.717, 1.165) is 17.0 Å². The topological polar surface area (TPSA) is 32.3 Å². The summed E-state index contributed by atoms with van der Waals surface area (Å²) in [7, 11) is 0. The van der Waals surface area contributed by atoms with Crippen LogP contribution >= 0.6 is 0 Å². The van der Waals surface area contributed by atoms with Crippen molar-refractivity contribution in [2.24, 2.45) is 5.92 Å². The molecule has 0 heterocycles. The average Bonchev–Trinajstić information content (AvgIpc) is 2.37. The molecule has 0 saturated heterocycles. The second-order valence-electron chi connectivity index (χ2n) is 5.72. The zero-order valence-electron chi connectivity index (χ0n) is 11.8. The van der Waals surface area contributed by atoms with Gasteiger partial charge in [0.2, 0.25) is 0 Å². The highest BCUT2D eigenvalue weighted by molar-refractivity contribution is 5.57. The van der Waals surface area contributed by atoms with Gasteiger partial charge in [-0.15, -0.1) is 0 Å². The number of phenols is 1. The van der Waals surface area contributed by atoms with Crippen LogP contribution in [-0.4, -0.2) is 11.1 Å². The number of benzene rings is 1. The summed E-state index contributed by atoms with van der Waals surface area (Å²) in [5, 5.41) is 13.3. The molecule has 0 atom stereocenters. The van der Waals surface area contributed by atoms with Gasteiger partial charge < -0.3 is 10.4 Å². The van der Waals surface area contributed by atoms with Crippen LogP contribution in [0.5, 0.6) is 5.75 Å². The van der Waals surface area contributed by atoms with Crippen molar-refractivity contribution in [1.82, 2.24) is 0 Å². The summed E-state index contributed by atoms with van der Waals surface area (Å²) in [4.78, 5) is 0. The molecule has 0 amide bonds. The number of phenolic OH excluding ortho intramolecular Hbond substituents is 1. The van der Waals surface area contributed by atoms with E-state index in [4.69, 9.17) is 0 Å². The van der Waals surface area contributed by atoms with Gasteiger partial charge in [0, 0.05) is 11.7 Å². The summed E-state index contributed by atoms with van der Waals surface area (Å²) < 4.78 is 0. The fraction of sp³-hybridized carbons (Fsp3) is 0.625. The van der Waals surface area contributed by atoms with Crippen LogP contribution in [0.25, 0.3) is 0 Å². The van der Waals surface area contributed by atoms with Crippen molar-refractivity contribution in [1.29, 1.82) is 0 Å². The molecule has 100 valence electrons. The molecule has 1 saturated carbocycles. The molecule has 18 heavy (non-hydrogen) atoms. The Hall–Kier alpha value is -1.18. The standard InChI is InChI=1S/C16H25NO/c1-4-13-5-7-14(8-6-13)17-15-9-12(3)16(18)10-11(15)2/h9-10,13-14,17-18H,4-8H2,1-3H3. The van der Waals surface area contributed by atoms with Crippen molar-refractivity contribution in [2.45, 2.75) is 58.9 Å². The third kappa shape index (κ3) is 2.98. The first kappa shape index (κ1) is 13.3. The van der Waals surface area contributed by atoms with Crippen molar-refractivity contribution < 1.29 is 5.11 Å². The molecule has 0 radical (unpaired) electrons. The smallest absolute Gasteiger partial charge is 0.118 e. The van der Waals surface area contributed by atoms with Crippen molar-refractivity contribution in [3.8, 4) is 5.75 Å². The van der Waals surface area contributed by atoms with Crippen LogP contribution in [-0.2, 0) is 0 Å². The molecule has 0 bridgehead atoms. The number of anilines is 1. The number of rotatable bonds is 3. The maximum absolute atomic E-state index is 9.67. The van der Waals surface area contributed by atoms with Crippen LogP contribution in [0.4, 0.5) is 5.69 Å². The minimum atomic E-state index is 0.396. The first-order valence-electron chi connectivity index (χ1n) is 7.17. The van der Waals surface area contributed by atoms with E-state index in [-0.39, 0.29) is 0 Å². The molecule has 2 N–H and O–H groups in total. The minimum Gasteiger partial charge on any atom is -0.508 e. The number of hydrogen-bond donors (Lipinski definition) is 2. The Morgan fingerprint density at radius 2 is 1.78 bits per heavy atom. The van der Waals surface area contributed by atoms with Gasteiger partial charge in [-0.3, -0.25) is 0 Å². The van der Waals surface area contributed by atoms with Crippen LogP contribution in [0.1, 0.15) is 50.2 Å². The molecule has 0 aliphatic heterocycles. The number of aromatic hydroxyl groups is 1. The van der Waals surface area contributed by atoms with Crippen LogP contribution in [0.3, 0.4) is 0 Å². The SMILES string of the molecule is CCC1CCC(Nc2cc(C)c(O)cc2C)CC1. The van der Waals surface area contributed by atoms with E-state index in [0.29, 0.717) is 11.8 Å². The monoisotopic (exact) mass is 247 g/mol. The Morgan fingerprint density at radius 3 is 2.39 bits per heavy atom. The highest BCUT2D eigenvalue weighted by atomic mass is 16.3. The van der Waals surface area contributed by atoms with Gasteiger partial charge in [0.15, 0.2) is 0 Å². The van der Waals surface area contributed by atoms with E-state index in [1.165, 1.54) is 37.8 Å². The quantitative estimate of drug-likeness (QED) is 0.776. The molecule has 1 fully saturated rings. The van der Waals surface area contributed by atoms with E-state index in [1.54, 1.807) is 0 Å². The Morgan fingerprint density at radius 1 is 1.11 bits per heavy atom. The second-order valence-corrected chi connectivity index (χ2v) is 5.72. The normalized spacial score (nSPS) is 23.9. The van der Waals surface area contributed by atoms with Crippen molar-refractivity contribution >= 4 is 5.69 Å². The molecule has 0 aromatic heterocycles. The fourth-order valence-electron chi connectivity index (χ4n) is 2.89. The lowest BCUT2D eigenvalue weighted by atomic mass is 9.84. The molecule has 0 spiro atoms. The minimum absolute atomic E-state index is 0.396. The molecule has 0 unspecified atom stereocenters. The first-order valence-corrected chi connectivity index (χ1v) is 7.17. The van der Waals surface area contributed by atoms with Gasteiger partial charge in [-0.05, 0) is 68.7 Å². The van der Waals surface area contributed by atoms with Gasteiger partial charge in [-0.1, -0.05) is 13.3 Å². The second kappa shape index (κ2) is 5.64. The zero-order valence-corrected chi connectivity index (χ0v) is 11.8. The number of nitrogens with one attached hydrogen (secondary N) is 1. The van der Waals surface area contributed by atoms with Gasteiger partial charge >= 0.3 is 0 Å². The Balaban J connectivity index is 2.00. The summed E-state index contributed by atoms with van der Waals surface area (Å²) >= 11 is 0. The lowest BCUT2D eigenvalue weighted by Gasteiger charge is -2.29. The van der Waals surface area contributed by atoms with Crippen LogP contribution in [0, 0.1) is 19.8 Å². The van der Waals surface area contributed by atoms with Gasteiger partial charge in [0.25, 0.3) is 0 Å². The third-order valence-corrected chi connectivity index (χ3v) is 4.33. The molecular weight excluding hydrogens is 222 g/mol. The van der Waals surface area contributed by atoms with Gasteiger partial charge in [-0.25, -0.2) is 0 Å². The van der Waals surface area contributed by atoms with Crippen LogP contribution < -0.4 is 5.32 Å². The summed E-state index contributed by atoms with van der Waals surface area (Å²) in [6.45, 7) is 6.30. The molecule has 1 aromatic carbocycles. The Labute approximate surface area is 110 Å². The maximum Gasteiger partial charge on any atom is 0.118 e. The lowest BCUT2D eigenvalue weighted by molar-refractivity contribution is 0.330. The predicted octanol–water partition coefficient (Wildman–Crippen LogP) is 4.39. The molecule has 1 aliphatic carbocycles. The average molecular weight is 247 g/mol. The van der Waals surface area contributed by atoms with E-state index >= 15 is 0 Å². The molecular formula is C16H25NO. The predicted molar refractivity (Wildman–Crippen MR) is 77.2 cm³/mol. The summed E-state index contributed by atoms with van der Waals surface area (Å²) in [5.74, 6) is 1.33. The van der Waals surface area contributed by atoms with Crippen LogP contribution in [0.15, 0.2) is 12.1 Å². The Bertz CT molecular complexity index is 406. The summed E-state index contributed by atoms with van der Waals surface area (Å²) in [6, 6.07) is 4.53. The molecule has 1 aromatic rings. The molecule has 2 heteroatoms. The Kier molecular flexibility index (Phi) is 4.15. The summed E-state index contributed by atoms with van der Waals surface area (Å²) in [6.07, 6.45) is 6.58. The lowest BCUT2D eigenvalue weighted by Crippen LogP contribution is -2.26. The molecule has 2 rings (SSSR count). The van der Waals surface area contributed by atoms with Crippen LogP contribution in [0.2, 0.25) is 0 Å². The highest BCUT2D eigenvalue weighted by Gasteiger charge is 2.20. The molecule has 1 aliphatic rings.